The van der Waals surface area contributed by atoms with Crippen LogP contribution < -0.4 is 0 Å². The van der Waals surface area contributed by atoms with Gasteiger partial charge in [0.25, 0.3) is 0 Å². The van der Waals surface area contributed by atoms with Gasteiger partial charge in [0.15, 0.2) is 0 Å². The summed E-state index contributed by atoms with van der Waals surface area (Å²) < 4.78 is 1.14. The zero-order valence-electron chi connectivity index (χ0n) is 9.32. The Balaban J connectivity index is 2.09. The van der Waals surface area contributed by atoms with E-state index in [-0.39, 0.29) is 0 Å². The van der Waals surface area contributed by atoms with Crippen LogP contribution in [0.3, 0.4) is 0 Å². The lowest BCUT2D eigenvalue weighted by Crippen LogP contribution is -2.51. The van der Waals surface area contributed by atoms with Crippen LogP contribution in [-0.4, -0.2) is 23.0 Å². The molecule has 0 amide bonds. The standard InChI is InChI=1S/C13H19BrN/c1-15(10-6-5-9-13(15)14)11-12-7-3-2-4-8-12/h2-4,7-8,13H,5-6,9-11H2,1H3/q+1. The molecule has 0 aromatic heterocycles. The molecule has 82 valence electrons. The number of hydrogen-bond acceptors (Lipinski definition) is 0. The van der Waals surface area contributed by atoms with Crippen molar-refractivity contribution in [1.82, 2.24) is 0 Å². The second kappa shape index (κ2) is 4.67. The van der Waals surface area contributed by atoms with Gasteiger partial charge >= 0.3 is 0 Å². The second-order valence-electron chi connectivity index (χ2n) is 4.78. The molecule has 0 radical (unpaired) electrons. The maximum atomic E-state index is 3.84. The normalized spacial score (nSPS) is 31.5. The Bertz CT molecular complexity index is 312. The Morgan fingerprint density at radius 3 is 2.67 bits per heavy atom. The number of rotatable bonds is 2. The molecule has 0 bridgehead atoms. The number of quaternary nitrogens is 1. The average molecular weight is 269 g/mol. The summed E-state index contributed by atoms with van der Waals surface area (Å²) in [6.07, 6.45) is 4.05. The van der Waals surface area contributed by atoms with E-state index in [0.29, 0.717) is 4.95 Å². The topological polar surface area (TPSA) is 0 Å². The van der Waals surface area contributed by atoms with Gasteiger partial charge in [0.1, 0.15) is 11.5 Å². The number of benzene rings is 1. The van der Waals surface area contributed by atoms with Crippen LogP contribution >= 0.6 is 15.9 Å². The molecular formula is C13H19BrN+. The number of nitrogens with zero attached hydrogens (tertiary/aromatic N) is 1. The molecule has 2 heteroatoms. The van der Waals surface area contributed by atoms with Gasteiger partial charge in [0, 0.05) is 12.0 Å². The lowest BCUT2D eigenvalue weighted by Gasteiger charge is -2.42. The van der Waals surface area contributed by atoms with E-state index in [9.17, 15) is 0 Å². The van der Waals surface area contributed by atoms with Crippen LogP contribution in [0, 0.1) is 0 Å². The van der Waals surface area contributed by atoms with E-state index in [4.69, 9.17) is 0 Å². The van der Waals surface area contributed by atoms with Gasteiger partial charge in [0.2, 0.25) is 0 Å². The summed E-state index contributed by atoms with van der Waals surface area (Å²) in [5.74, 6) is 0. The number of hydrogen-bond donors (Lipinski definition) is 0. The SMILES string of the molecule is C[N+]1(Cc2ccccc2)CCCCC1Br. The average Bonchev–Trinajstić information content (AvgIpc) is 2.24. The minimum atomic E-state index is 0.631. The lowest BCUT2D eigenvalue weighted by molar-refractivity contribution is -0.935. The van der Waals surface area contributed by atoms with Crippen molar-refractivity contribution in [3.63, 3.8) is 0 Å². The first kappa shape index (κ1) is 11.2. The smallest absolute Gasteiger partial charge is 0.144 e. The second-order valence-corrected chi connectivity index (χ2v) is 5.83. The molecule has 1 nitrogen and oxygen atoms in total. The predicted molar refractivity (Wildman–Crippen MR) is 67.8 cm³/mol. The molecule has 2 unspecified atom stereocenters. The van der Waals surface area contributed by atoms with Crippen LogP contribution in [-0.2, 0) is 6.54 Å². The number of alkyl halides is 1. The highest BCUT2D eigenvalue weighted by atomic mass is 79.9. The van der Waals surface area contributed by atoms with Crippen molar-refractivity contribution in [2.45, 2.75) is 30.8 Å². The molecule has 0 saturated carbocycles. The molecule has 1 aromatic rings. The van der Waals surface area contributed by atoms with Crippen molar-refractivity contribution in [2.24, 2.45) is 0 Å². The highest BCUT2D eigenvalue weighted by Gasteiger charge is 2.33. The fourth-order valence-electron chi connectivity index (χ4n) is 2.42. The fraction of sp³-hybridized carbons (Fsp3) is 0.538. The molecule has 15 heavy (non-hydrogen) atoms. The quantitative estimate of drug-likeness (QED) is 0.437. The largest absolute Gasteiger partial charge is 0.311 e. The van der Waals surface area contributed by atoms with E-state index in [0.717, 1.165) is 11.0 Å². The molecule has 1 aromatic carbocycles. The van der Waals surface area contributed by atoms with Gasteiger partial charge in [0.05, 0.1) is 13.6 Å². The van der Waals surface area contributed by atoms with Gasteiger partial charge in [-0.3, -0.25) is 0 Å². The van der Waals surface area contributed by atoms with Crippen molar-refractivity contribution in [3.8, 4) is 0 Å². The van der Waals surface area contributed by atoms with Crippen LogP contribution in [0.5, 0.6) is 0 Å². The first-order chi connectivity index (χ1) is 7.21. The van der Waals surface area contributed by atoms with Gasteiger partial charge in [-0.1, -0.05) is 30.3 Å². The van der Waals surface area contributed by atoms with Gasteiger partial charge < -0.3 is 4.48 Å². The molecular weight excluding hydrogens is 250 g/mol. The minimum absolute atomic E-state index is 0.631. The Morgan fingerprint density at radius 2 is 2.00 bits per heavy atom. The third-order valence-corrected chi connectivity index (χ3v) is 4.87. The Hall–Kier alpha value is -0.340. The van der Waals surface area contributed by atoms with Crippen LogP contribution in [0.15, 0.2) is 30.3 Å². The van der Waals surface area contributed by atoms with E-state index in [1.165, 1.54) is 31.4 Å². The van der Waals surface area contributed by atoms with Gasteiger partial charge in [-0.05, 0) is 28.8 Å². The highest BCUT2D eigenvalue weighted by molar-refractivity contribution is 9.09. The Morgan fingerprint density at radius 1 is 1.27 bits per heavy atom. The molecule has 0 aliphatic carbocycles. The summed E-state index contributed by atoms with van der Waals surface area (Å²) in [6, 6.07) is 10.8. The molecule has 1 aliphatic heterocycles. The summed E-state index contributed by atoms with van der Waals surface area (Å²) in [4.78, 5) is 0.631. The van der Waals surface area contributed by atoms with Crippen molar-refractivity contribution in [3.05, 3.63) is 35.9 Å². The summed E-state index contributed by atoms with van der Waals surface area (Å²) in [7, 11) is 2.37. The molecule has 0 spiro atoms. The number of piperidine rings is 1. The first-order valence-electron chi connectivity index (χ1n) is 5.73. The van der Waals surface area contributed by atoms with E-state index < -0.39 is 0 Å². The van der Waals surface area contributed by atoms with Gasteiger partial charge in [-0.15, -0.1) is 0 Å². The molecule has 0 N–H and O–H groups in total. The first-order valence-corrected chi connectivity index (χ1v) is 6.64. The molecule has 2 rings (SSSR count). The lowest BCUT2D eigenvalue weighted by atomic mass is 10.1. The summed E-state index contributed by atoms with van der Waals surface area (Å²) in [5.41, 5.74) is 1.45. The Kier molecular flexibility index (Phi) is 3.47. The molecule has 1 fully saturated rings. The zero-order chi connectivity index (χ0) is 10.7. The summed E-state index contributed by atoms with van der Waals surface area (Å²) in [5, 5.41) is 0. The Labute approximate surface area is 101 Å². The van der Waals surface area contributed by atoms with Crippen LogP contribution in [0.2, 0.25) is 0 Å². The van der Waals surface area contributed by atoms with Crippen LogP contribution in [0.4, 0.5) is 0 Å². The third-order valence-electron chi connectivity index (χ3n) is 3.42. The van der Waals surface area contributed by atoms with Crippen molar-refractivity contribution < 1.29 is 4.48 Å². The molecule has 2 atom stereocenters. The van der Waals surface area contributed by atoms with E-state index in [1.807, 2.05) is 0 Å². The maximum absolute atomic E-state index is 3.84. The minimum Gasteiger partial charge on any atom is -0.311 e. The maximum Gasteiger partial charge on any atom is 0.144 e. The van der Waals surface area contributed by atoms with E-state index >= 15 is 0 Å². The number of halogens is 1. The molecule has 1 aliphatic rings. The monoisotopic (exact) mass is 268 g/mol. The van der Waals surface area contributed by atoms with Gasteiger partial charge in [-0.25, -0.2) is 0 Å². The van der Waals surface area contributed by atoms with E-state index in [2.05, 4.69) is 53.3 Å². The van der Waals surface area contributed by atoms with Crippen molar-refractivity contribution >= 4 is 15.9 Å². The van der Waals surface area contributed by atoms with Crippen molar-refractivity contribution in [2.75, 3.05) is 13.6 Å². The zero-order valence-corrected chi connectivity index (χ0v) is 10.9. The fourth-order valence-corrected chi connectivity index (χ4v) is 3.09. The highest BCUT2D eigenvalue weighted by Crippen LogP contribution is 2.30. The van der Waals surface area contributed by atoms with E-state index in [1.54, 1.807) is 0 Å². The summed E-state index contributed by atoms with van der Waals surface area (Å²) in [6.45, 7) is 2.45. The molecule has 1 saturated heterocycles. The van der Waals surface area contributed by atoms with Crippen molar-refractivity contribution in [1.29, 1.82) is 0 Å². The third kappa shape index (κ3) is 2.61. The van der Waals surface area contributed by atoms with Gasteiger partial charge in [-0.2, -0.15) is 0 Å². The number of likely N-dealkylation sites (tertiary alicyclic amines) is 1. The summed E-state index contributed by atoms with van der Waals surface area (Å²) >= 11 is 3.84. The molecule has 1 heterocycles. The van der Waals surface area contributed by atoms with Crippen LogP contribution in [0.1, 0.15) is 24.8 Å². The van der Waals surface area contributed by atoms with Crippen LogP contribution in [0.25, 0.3) is 0 Å². The predicted octanol–water partition coefficient (Wildman–Crippen LogP) is 3.54.